The Hall–Kier alpha value is -1.29. The summed E-state index contributed by atoms with van der Waals surface area (Å²) in [6.45, 7) is 4.04. The summed E-state index contributed by atoms with van der Waals surface area (Å²) < 4.78 is 5.33. The van der Waals surface area contributed by atoms with Crippen LogP contribution in [0.5, 0.6) is 0 Å². The first kappa shape index (κ1) is 13.1. The Bertz CT molecular complexity index is 397. The van der Waals surface area contributed by atoms with Crippen molar-refractivity contribution in [3.05, 3.63) is 23.7 Å². The topological polar surface area (TPSA) is 53.7 Å². The number of carbonyl (C=O) groups is 1. The highest BCUT2D eigenvalue weighted by Gasteiger charge is 2.22. The van der Waals surface area contributed by atoms with Crippen LogP contribution in [-0.4, -0.2) is 28.6 Å². The van der Waals surface area contributed by atoms with E-state index in [4.69, 9.17) is 9.52 Å². The molecule has 1 atom stereocenters. The Morgan fingerprint density at radius 1 is 1.50 bits per heavy atom. The molecule has 2 heterocycles. The third-order valence-corrected chi connectivity index (χ3v) is 3.60. The van der Waals surface area contributed by atoms with E-state index in [1.54, 1.807) is 6.07 Å². The predicted molar refractivity (Wildman–Crippen MR) is 68.6 cm³/mol. The molecule has 0 saturated carbocycles. The van der Waals surface area contributed by atoms with Gasteiger partial charge in [0.25, 0.3) is 0 Å². The molecule has 1 saturated heterocycles. The number of carboxylic acid groups (broad SMARTS) is 1. The van der Waals surface area contributed by atoms with Gasteiger partial charge in [0.1, 0.15) is 5.76 Å². The minimum Gasteiger partial charge on any atom is -0.475 e. The van der Waals surface area contributed by atoms with E-state index in [2.05, 4.69) is 11.8 Å². The van der Waals surface area contributed by atoms with Crippen molar-refractivity contribution in [3.63, 3.8) is 0 Å². The van der Waals surface area contributed by atoms with Crippen molar-refractivity contribution in [2.24, 2.45) is 0 Å². The highest BCUT2D eigenvalue weighted by atomic mass is 16.4. The second-order valence-corrected chi connectivity index (χ2v) is 4.98. The van der Waals surface area contributed by atoms with Gasteiger partial charge in [0.2, 0.25) is 5.76 Å². The lowest BCUT2D eigenvalue weighted by molar-refractivity contribution is 0.0654. The first-order valence-corrected chi connectivity index (χ1v) is 6.76. The number of hydrogen-bond donors (Lipinski definition) is 1. The molecular formula is C14H21NO3. The van der Waals surface area contributed by atoms with Crippen LogP contribution in [0.1, 0.15) is 55.3 Å². The molecule has 1 aliphatic rings. The molecule has 18 heavy (non-hydrogen) atoms. The molecule has 0 aliphatic carbocycles. The van der Waals surface area contributed by atoms with E-state index in [-0.39, 0.29) is 5.76 Å². The van der Waals surface area contributed by atoms with Gasteiger partial charge in [-0.15, -0.1) is 0 Å². The van der Waals surface area contributed by atoms with Gasteiger partial charge in [-0.3, -0.25) is 4.90 Å². The normalized spacial score (nSPS) is 21.1. The van der Waals surface area contributed by atoms with E-state index in [1.807, 2.05) is 0 Å². The summed E-state index contributed by atoms with van der Waals surface area (Å²) >= 11 is 0. The zero-order valence-electron chi connectivity index (χ0n) is 10.9. The highest BCUT2D eigenvalue weighted by Crippen LogP contribution is 2.23. The fraction of sp³-hybridized carbons (Fsp3) is 0.643. The van der Waals surface area contributed by atoms with Gasteiger partial charge in [0.15, 0.2) is 0 Å². The average Bonchev–Trinajstić information content (AvgIpc) is 2.81. The van der Waals surface area contributed by atoms with Crippen LogP contribution in [0.2, 0.25) is 0 Å². The van der Waals surface area contributed by atoms with Gasteiger partial charge in [0, 0.05) is 6.04 Å². The van der Waals surface area contributed by atoms with Crippen LogP contribution in [0.3, 0.4) is 0 Å². The quantitative estimate of drug-likeness (QED) is 0.873. The van der Waals surface area contributed by atoms with E-state index in [9.17, 15) is 4.79 Å². The van der Waals surface area contributed by atoms with Crippen molar-refractivity contribution in [1.82, 2.24) is 4.90 Å². The van der Waals surface area contributed by atoms with Gasteiger partial charge in [-0.05, 0) is 37.9 Å². The molecule has 100 valence electrons. The van der Waals surface area contributed by atoms with Gasteiger partial charge < -0.3 is 9.52 Å². The standard InChI is InChI=1S/C14H21NO3/c1-2-5-11-6-3-4-9-15(11)10-12-7-8-13(18-12)14(16)17/h7-8,11H,2-6,9-10H2,1H3,(H,16,17). The number of hydrogen-bond acceptors (Lipinski definition) is 3. The number of rotatable bonds is 5. The zero-order chi connectivity index (χ0) is 13.0. The number of nitrogens with zero attached hydrogens (tertiary/aromatic N) is 1. The van der Waals surface area contributed by atoms with Gasteiger partial charge >= 0.3 is 5.97 Å². The summed E-state index contributed by atoms with van der Waals surface area (Å²) in [5.41, 5.74) is 0. The molecule has 1 fully saturated rings. The number of carboxylic acids is 1. The lowest BCUT2D eigenvalue weighted by Gasteiger charge is -2.35. The van der Waals surface area contributed by atoms with Gasteiger partial charge in [-0.2, -0.15) is 0 Å². The van der Waals surface area contributed by atoms with Crippen molar-refractivity contribution in [2.45, 2.75) is 51.6 Å². The van der Waals surface area contributed by atoms with E-state index in [0.717, 1.165) is 18.8 Å². The fourth-order valence-corrected chi connectivity index (χ4v) is 2.71. The highest BCUT2D eigenvalue weighted by molar-refractivity contribution is 5.84. The summed E-state index contributed by atoms with van der Waals surface area (Å²) in [5.74, 6) is -0.200. The Kier molecular flexibility index (Phi) is 4.42. The second-order valence-electron chi connectivity index (χ2n) is 4.98. The molecule has 1 aliphatic heterocycles. The van der Waals surface area contributed by atoms with Crippen molar-refractivity contribution in [1.29, 1.82) is 0 Å². The molecule has 1 aromatic rings. The van der Waals surface area contributed by atoms with E-state index in [1.165, 1.54) is 38.2 Å². The third-order valence-electron chi connectivity index (χ3n) is 3.60. The molecule has 0 spiro atoms. The minimum atomic E-state index is -0.995. The van der Waals surface area contributed by atoms with Crippen LogP contribution in [0.4, 0.5) is 0 Å². The number of furan rings is 1. The van der Waals surface area contributed by atoms with Crippen molar-refractivity contribution in [2.75, 3.05) is 6.54 Å². The maximum Gasteiger partial charge on any atom is 0.371 e. The summed E-state index contributed by atoms with van der Waals surface area (Å²) in [6.07, 6.45) is 6.19. The Morgan fingerprint density at radius 2 is 2.33 bits per heavy atom. The van der Waals surface area contributed by atoms with Crippen molar-refractivity contribution in [3.8, 4) is 0 Å². The molecular weight excluding hydrogens is 230 g/mol. The maximum absolute atomic E-state index is 10.8. The fourth-order valence-electron chi connectivity index (χ4n) is 2.71. The van der Waals surface area contributed by atoms with Crippen LogP contribution in [0.15, 0.2) is 16.5 Å². The number of likely N-dealkylation sites (tertiary alicyclic amines) is 1. The first-order valence-electron chi connectivity index (χ1n) is 6.76. The van der Waals surface area contributed by atoms with Crippen LogP contribution in [0.25, 0.3) is 0 Å². The predicted octanol–water partition coefficient (Wildman–Crippen LogP) is 3.13. The SMILES string of the molecule is CCCC1CCCCN1Cc1ccc(C(=O)O)o1. The van der Waals surface area contributed by atoms with Crippen LogP contribution in [-0.2, 0) is 6.54 Å². The van der Waals surface area contributed by atoms with E-state index < -0.39 is 5.97 Å². The first-order chi connectivity index (χ1) is 8.70. The lowest BCUT2D eigenvalue weighted by Crippen LogP contribution is -2.38. The molecule has 4 heteroatoms. The molecule has 1 aromatic heterocycles. The Labute approximate surface area is 108 Å². The summed E-state index contributed by atoms with van der Waals surface area (Å²) in [7, 11) is 0. The monoisotopic (exact) mass is 251 g/mol. The second kappa shape index (κ2) is 6.05. The zero-order valence-corrected chi connectivity index (χ0v) is 10.9. The number of aromatic carboxylic acids is 1. The molecule has 2 rings (SSSR count). The van der Waals surface area contributed by atoms with Crippen molar-refractivity contribution < 1.29 is 14.3 Å². The third kappa shape index (κ3) is 3.13. The summed E-state index contributed by atoms with van der Waals surface area (Å²) in [6, 6.07) is 3.94. The average molecular weight is 251 g/mol. The van der Waals surface area contributed by atoms with E-state index >= 15 is 0 Å². The van der Waals surface area contributed by atoms with Crippen LogP contribution < -0.4 is 0 Å². The molecule has 0 bridgehead atoms. The largest absolute Gasteiger partial charge is 0.475 e. The van der Waals surface area contributed by atoms with E-state index in [0.29, 0.717) is 6.04 Å². The molecule has 1 N–H and O–H groups in total. The van der Waals surface area contributed by atoms with Gasteiger partial charge in [-0.25, -0.2) is 4.79 Å². The Balaban J connectivity index is 1.99. The van der Waals surface area contributed by atoms with Crippen LogP contribution >= 0.6 is 0 Å². The smallest absolute Gasteiger partial charge is 0.371 e. The lowest BCUT2D eigenvalue weighted by atomic mass is 9.98. The molecule has 1 unspecified atom stereocenters. The summed E-state index contributed by atoms with van der Waals surface area (Å²) in [5, 5.41) is 8.83. The Morgan fingerprint density at radius 3 is 3.00 bits per heavy atom. The minimum absolute atomic E-state index is 0.0362. The molecule has 0 radical (unpaired) electrons. The molecule has 4 nitrogen and oxygen atoms in total. The van der Waals surface area contributed by atoms with Gasteiger partial charge in [-0.1, -0.05) is 19.8 Å². The number of piperidine rings is 1. The van der Waals surface area contributed by atoms with Crippen LogP contribution in [0, 0.1) is 0 Å². The maximum atomic E-state index is 10.8. The molecule has 0 aromatic carbocycles. The van der Waals surface area contributed by atoms with Crippen molar-refractivity contribution >= 4 is 5.97 Å². The summed E-state index contributed by atoms with van der Waals surface area (Å²) in [4.78, 5) is 13.2. The van der Waals surface area contributed by atoms with Gasteiger partial charge in [0.05, 0.1) is 6.54 Å². The molecule has 0 amide bonds.